The number of likely N-dealkylation sites (tertiary alicyclic amines) is 2. The Bertz CT molecular complexity index is 921. The van der Waals surface area contributed by atoms with Crippen molar-refractivity contribution >= 4 is 6.03 Å². The van der Waals surface area contributed by atoms with Crippen LogP contribution in [0.25, 0.3) is 0 Å². The number of piperidine rings is 2. The van der Waals surface area contributed by atoms with E-state index < -0.39 is 0 Å². The predicted molar refractivity (Wildman–Crippen MR) is 137 cm³/mol. The Morgan fingerprint density at radius 2 is 1.06 bits per heavy atom. The molecule has 2 aromatic rings. The van der Waals surface area contributed by atoms with E-state index in [1.165, 1.54) is 22.3 Å². The molecule has 0 spiro atoms. The van der Waals surface area contributed by atoms with E-state index in [1.807, 2.05) is 21.9 Å². The summed E-state index contributed by atoms with van der Waals surface area (Å²) in [6.45, 7) is 11.8. The lowest BCUT2D eigenvalue weighted by atomic mass is 9.83. The van der Waals surface area contributed by atoms with E-state index in [2.05, 4.69) is 39.8 Å². The average molecular weight is 465 g/mol. The zero-order valence-electron chi connectivity index (χ0n) is 21.1. The van der Waals surface area contributed by atoms with Crippen molar-refractivity contribution in [1.29, 1.82) is 0 Å². The molecule has 2 amide bonds. The molecule has 184 valence electrons. The van der Waals surface area contributed by atoms with Crippen LogP contribution in [0, 0.1) is 0 Å². The van der Waals surface area contributed by atoms with Gasteiger partial charge in [0.1, 0.15) is 11.5 Å². The molecule has 5 heteroatoms. The van der Waals surface area contributed by atoms with Crippen LogP contribution in [0.3, 0.4) is 0 Å². The van der Waals surface area contributed by atoms with Gasteiger partial charge >= 0.3 is 6.03 Å². The number of phenols is 2. The van der Waals surface area contributed by atoms with Crippen molar-refractivity contribution in [3.63, 3.8) is 0 Å². The topological polar surface area (TPSA) is 64.0 Å². The van der Waals surface area contributed by atoms with E-state index in [4.69, 9.17) is 0 Å². The molecule has 2 saturated heterocycles. The first-order valence-electron chi connectivity index (χ1n) is 12.9. The van der Waals surface area contributed by atoms with Crippen molar-refractivity contribution in [3.05, 3.63) is 58.7 Å². The molecule has 2 aliphatic heterocycles. The van der Waals surface area contributed by atoms with Gasteiger partial charge in [-0.3, -0.25) is 0 Å². The van der Waals surface area contributed by atoms with Crippen LogP contribution in [-0.2, 0) is 0 Å². The molecule has 0 radical (unpaired) electrons. The molecule has 4 rings (SSSR count). The van der Waals surface area contributed by atoms with Crippen molar-refractivity contribution in [3.8, 4) is 11.5 Å². The maximum atomic E-state index is 13.3. The number of hydrogen-bond acceptors (Lipinski definition) is 3. The molecule has 0 bridgehead atoms. The summed E-state index contributed by atoms with van der Waals surface area (Å²) >= 11 is 0. The van der Waals surface area contributed by atoms with Crippen LogP contribution in [0.2, 0.25) is 0 Å². The van der Waals surface area contributed by atoms with Crippen LogP contribution in [0.1, 0.15) is 99.3 Å². The van der Waals surface area contributed by atoms with Gasteiger partial charge < -0.3 is 20.0 Å². The Hall–Kier alpha value is -2.69. The largest absolute Gasteiger partial charge is 0.508 e. The van der Waals surface area contributed by atoms with E-state index in [1.54, 1.807) is 12.1 Å². The second kappa shape index (κ2) is 10.3. The van der Waals surface area contributed by atoms with Gasteiger partial charge in [-0.15, -0.1) is 0 Å². The molecular formula is C29H40N2O3. The van der Waals surface area contributed by atoms with Gasteiger partial charge in [-0.1, -0.05) is 39.8 Å². The number of urea groups is 1. The molecule has 2 N–H and O–H groups in total. The third kappa shape index (κ3) is 5.18. The lowest BCUT2D eigenvalue weighted by Gasteiger charge is -2.39. The Morgan fingerprint density at radius 3 is 1.38 bits per heavy atom. The highest BCUT2D eigenvalue weighted by Crippen LogP contribution is 2.37. The second-order valence-corrected chi connectivity index (χ2v) is 10.7. The maximum Gasteiger partial charge on any atom is 0.319 e. The van der Waals surface area contributed by atoms with Gasteiger partial charge in [0.05, 0.1) is 0 Å². The first kappa shape index (κ1) is 24.4. The highest BCUT2D eigenvalue weighted by atomic mass is 16.3. The smallest absolute Gasteiger partial charge is 0.319 e. The number of phenolic OH excluding ortho intramolecular Hbond substituents is 2. The van der Waals surface area contributed by atoms with Crippen LogP contribution in [0.4, 0.5) is 4.79 Å². The molecule has 0 atom stereocenters. The van der Waals surface area contributed by atoms with E-state index >= 15 is 0 Å². The minimum Gasteiger partial charge on any atom is -0.508 e. The zero-order valence-corrected chi connectivity index (χ0v) is 21.1. The summed E-state index contributed by atoms with van der Waals surface area (Å²) < 4.78 is 0. The number of benzene rings is 2. The first-order valence-corrected chi connectivity index (χ1v) is 12.9. The standard InChI is InChI=1S/C29H40N2O3/c1-19(2)27-17-23(32)5-7-25(27)21-9-13-30(14-10-21)29(34)31-15-11-22(12-16-31)26-8-6-24(33)18-28(26)20(3)4/h5-8,17-22,32-33H,9-16H2,1-4H3. The summed E-state index contributed by atoms with van der Waals surface area (Å²) in [5, 5.41) is 19.8. The van der Waals surface area contributed by atoms with Gasteiger partial charge in [-0.25, -0.2) is 4.79 Å². The molecule has 0 aromatic heterocycles. The normalized spacial score (nSPS) is 18.2. The van der Waals surface area contributed by atoms with Crippen molar-refractivity contribution in [2.45, 2.75) is 77.0 Å². The second-order valence-electron chi connectivity index (χ2n) is 10.7. The SMILES string of the molecule is CC(C)c1cc(O)ccc1C1CCN(C(=O)N2CCC(c3ccc(O)cc3C(C)C)CC2)CC1. The van der Waals surface area contributed by atoms with Gasteiger partial charge in [0, 0.05) is 26.2 Å². The van der Waals surface area contributed by atoms with Crippen molar-refractivity contribution in [1.82, 2.24) is 9.80 Å². The first-order chi connectivity index (χ1) is 16.2. The maximum absolute atomic E-state index is 13.3. The minimum absolute atomic E-state index is 0.182. The Labute approximate surface area is 204 Å². The fraction of sp³-hybridized carbons (Fsp3) is 0.552. The summed E-state index contributed by atoms with van der Waals surface area (Å²) in [5.74, 6) is 2.28. The van der Waals surface area contributed by atoms with Gasteiger partial charge in [0.15, 0.2) is 0 Å². The summed E-state index contributed by atoms with van der Waals surface area (Å²) in [6, 6.07) is 11.7. The van der Waals surface area contributed by atoms with Crippen LogP contribution >= 0.6 is 0 Å². The molecule has 2 aliphatic rings. The summed E-state index contributed by atoms with van der Waals surface area (Å²) in [6.07, 6.45) is 3.88. The van der Waals surface area contributed by atoms with Crippen molar-refractivity contribution in [2.24, 2.45) is 0 Å². The number of aromatic hydroxyl groups is 2. The molecule has 0 unspecified atom stereocenters. The van der Waals surface area contributed by atoms with E-state index in [0.29, 0.717) is 35.2 Å². The van der Waals surface area contributed by atoms with Crippen LogP contribution < -0.4 is 0 Å². The molecule has 0 saturated carbocycles. The Morgan fingerprint density at radius 1 is 0.706 bits per heavy atom. The zero-order chi connectivity index (χ0) is 24.4. The third-order valence-corrected chi connectivity index (χ3v) is 7.80. The third-order valence-electron chi connectivity index (χ3n) is 7.80. The van der Waals surface area contributed by atoms with Gasteiger partial charge in [-0.2, -0.15) is 0 Å². The molecular weight excluding hydrogens is 424 g/mol. The molecule has 5 nitrogen and oxygen atoms in total. The molecule has 2 fully saturated rings. The Balaban J connectivity index is 1.34. The fourth-order valence-electron chi connectivity index (χ4n) is 5.83. The average Bonchev–Trinajstić information content (AvgIpc) is 2.83. The van der Waals surface area contributed by atoms with Crippen molar-refractivity contribution in [2.75, 3.05) is 26.2 Å². The lowest BCUT2D eigenvalue weighted by Crippen LogP contribution is -2.48. The van der Waals surface area contributed by atoms with Gasteiger partial charge in [0.25, 0.3) is 0 Å². The van der Waals surface area contributed by atoms with E-state index in [-0.39, 0.29) is 6.03 Å². The monoisotopic (exact) mass is 464 g/mol. The molecule has 2 heterocycles. The summed E-state index contributed by atoms with van der Waals surface area (Å²) in [5.41, 5.74) is 5.11. The van der Waals surface area contributed by atoms with E-state index in [9.17, 15) is 15.0 Å². The van der Waals surface area contributed by atoms with Crippen LogP contribution in [0.5, 0.6) is 11.5 Å². The quantitative estimate of drug-likeness (QED) is 0.541. The van der Waals surface area contributed by atoms with Gasteiger partial charge in [0.2, 0.25) is 0 Å². The van der Waals surface area contributed by atoms with Crippen molar-refractivity contribution < 1.29 is 15.0 Å². The van der Waals surface area contributed by atoms with Crippen LogP contribution in [-0.4, -0.2) is 52.2 Å². The molecule has 34 heavy (non-hydrogen) atoms. The number of nitrogens with zero attached hydrogens (tertiary/aromatic N) is 2. The minimum atomic E-state index is 0.182. The highest BCUT2D eigenvalue weighted by Gasteiger charge is 2.31. The van der Waals surface area contributed by atoms with Gasteiger partial charge in [-0.05, 0) is 95.9 Å². The summed E-state index contributed by atoms with van der Waals surface area (Å²) in [7, 11) is 0. The predicted octanol–water partition coefficient (Wildman–Crippen LogP) is 6.52. The number of hydrogen-bond donors (Lipinski definition) is 2. The summed E-state index contributed by atoms with van der Waals surface area (Å²) in [4.78, 5) is 17.3. The number of carbonyl (C=O) groups excluding carboxylic acids is 1. The van der Waals surface area contributed by atoms with Crippen LogP contribution in [0.15, 0.2) is 36.4 Å². The molecule has 0 aliphatic carbocycles. The lowest BCUT2D eigenvalue weighted by molar-refractivity contribution is 0.128. The number of amides is 2. The van der Waals surface area contributed by atoms with E-state index in [0.717, 1.165) is 51.9 Å². The number of carbonyl (C=O) groups is 1. The fourth-order valence-corrected chi connectivity index (χ4v) is 5.83. The highest BCUT2D eigenvalue weighted by molar-refractivity contribution is 5.74. The Kier molecular flexibility index (Phi) is 7.39. The number of rotatable bonds is 4. The molecule has 2 aromatic carbocycles.